The molecular formula is C11H7FN4O3. The Labute approximate surface area is 107 Å². The Morgan fingerprint density at radius 1 is 1.37 bits per heavy atom. The predicted molar refractivity (Wildman–Crippen MR) is 60.2 cm³/mol. The second kappa shape index (κ2) is 6.07. The third kappa shape index (κ3) is 3.23. The summed E-state index contributed by atoms with van der Waals surface area (Å²) in [7, 11) is 0. The Morgan fingerprint density at radius 2 is 1.95 bits per heavy atom. The maximum absolute atomic E-state index is 13.4. The van der Waals surface area contributed by atoms with Gasteiger partial charge < -0.3 is 4.90 Å². The van der Waals surface area contributed by atoms with Crippen LogP contribution in [0.2, 0.25) is 0 Å². The summed E-state index contributed by atoms with van der Waals surface area (Å²) in [6, 6.07) is 6.04. The van der Waals surface area contributed by atoms with Gasteiger partial charge in [0.2, 0.25) is 5.82 Å². The summed E-state index contributed by atoms with van der Waals surface area (Å²) in [6.45, 7) is -0.657. The van der Waals surface area contributed by atoms with Crippen LogP contribution in [0.5, 0.6) is 0 Å². The zero-order chi connectivity index (χ0) is 14.4. The number of halogens is 1. The number of hydrogen-bond acceptors (Lipinski definition) is 5. The van der Waals surface area contributed by atoms with E-state index in [1.807, 2.05) is 0 Å². The van der Waals surface area contributed by atoms with Gasteiger partial charge in [-0.15, -0.1) is 0 Å². The first kappa shape index (κ1) is 14.1. The molecule has 8 heteroatoms. The van der Waals surface area contributed by atoms with Crippen LogP contribution in [0.1, 0.15) is 10.4 Å². The van der Waals surface area contributed by atoms with E-state index in [0.29, 0.717) is 6.07 Å². The summed E-state index contributed by atoms with van der Waals surface area (Å²) in [4.78, 5) is 22.3. The first-order chi connectivity index (χ1) is 9.01. The quantitative estimate of drug-likeness (QED) is 0.460. The number of nitriles is 2. The molecule has 7 nitrogen and oxygen atoms in total. The van der Waals surface area contributed by atoms with Gasteiger partial charge in [-0.1, -0.05) is 0 Å². The fourth-order valence-corrected chi connectivity index (χ4v) is 1.34. The van der Waals surface area contributed by atoms with Crippen LogP contribution < -0.4 is 0 Å². The molecule has 0 bridgehead atoms. The summed E-state index contributed by atoms with van der Waals surface area (Å²) in [5, 5.41) is 27.5. The van der Waals surface area contributed by atoms with Gasteiger partial charge in [-0.2, -0.15) is 14.9 Å². The van der Waals surface area contributed by atoms with Gasteiger partial charge in [0.05, 0.1) is 17.1 Å². The fraction of sp³-hybridized carbons (Fsp3) is 0.182. The summed E-state index contributed by atoms with van der Waals surface area (Å²) in [6.07, 6.45) is 0. The lowest BCUT2D eigenvalue weighted by Crippen LogP contribution is -2.31. The molecule has 0 aliphatic carbocycles. The van der Waals surface area contributed by atoms with Gasteiger partial charge in [0, 0.05) is 11.6 Å². The summed E-state index contributed by atoms with van der Waals surface area (Å²) in [5.74, 6) is -1.89. The van der Waals surface area contributed by atoms with Crippen molar-refractivity contribution >= 4 is 11.6 Å². The van der Waals surface area contributed by atoms with Crippen LogP contribution in [0.4, 0.5) is 10.1 Å². The van der Waals surface area contributed by atoms with Crippen LogP contribution in [0.3, 0.4) is 0 Å². The lowest BCUT2D eigenvalue weighted by Gasteiger charge is -2.15. The van der Waals surface area contributed by atoms with E-state index in [1.165, 1.54) is 0 Å². The molecule has 0 aliphatic heterocycles. The second-order valence-electron chi connectivity index (χ2n) is 3.40. The van der Waals surface area contributed by atoms with Gasteiger partial charge in [0.1, 0.15) is 13.1 Å². The molecule has 96 valence electrons. The van der Waals surface area contributed by atoms with Crippen molar-refractivity contribution in [2.75, 3.05) is 13.1 Å². The molecule has 1 aromatic rings. The Kier molecular flexibility index (Phi) is 4.50. The van der Waals surface area contributed by atoms with E-state index in [-0.39, 0.29) is 18.7 Å². The summed E-state index contributed by atoms with van der Waals surface area (Å²) in [5.41, 5.74) is -0.905. The average Bonchev–Trinajstić information content (AvgIpc) is 2.37. The number of amides is 1. The second-order valence-corrected chi connectivity index (χ2v) is 3.40. The van der Waals surface area contributed by atoms with Crippen molar-refractivity contribution < 1.29 is 14.1 Å². The van der Waals surface area contributed by atoms with Crippen LogP contribution in [-0.4, -0.2) is 28.8 Å². The molecule has 0 saturated heterocycles. The van der Waals surface area contributed by atoms with E-state index in [9.17, 15) is 19.3 Å². The van der Waals surface area contributed by atoms with E-state index in [2.05, 4.69) is 0 Å². The van der Waals surface area contributed by atoms with Crippen molar-refractivity contribution in [1.29, 1.82) is 10.5 Å². The van der Waals surface area contributed by atoms with Crippen molar-refractivity contribution in [2.45, 2.75) is 0 Å². The lowest BCUT2D eigenvalue weighted by atomic mass is 10.1. The van der Waals surface area contributed by atoms with E-state index in [0.717, 1.165) is 17.0 Å². The lowest BCUT2D eigenvalue weighted by molar-refractivity contribution is -0.387. The highest BCUT2D eigenvalue weighted by Crippen LogP contribution is 2.18. The molecule has 1 aromatic carbocycles. The van der Waals surface area contributed by atoms with E-state index in [4.69, 9.17) is 10.5 Å². The van der Waals surface area contributed by atoms with Crippen LogP contribution in [0.25, 0.3) is 0 Å². The standard InChI is InChI=1S/C11H7FN4O3/c12-9-7-8(1-2-10(9)16(18)19)11(17)15(5-3-13)6-4-14/h1-2,7H,5-6H2. The molecule has 1 rings (SSSR count). The van der Waals surface area contributed by atoms with Crippen LogP contribution in [-0.2, 0) is 0 Å². The monoisotopic (exact) mass is 262 g/mol. The molecule has 19 heavy (non-hydrogen) atoms. The summed E-state index contributed by atoms with van der Waals surface area (Å²) < 4.78 is 13.4. The number of hydrogen-bond donors (Lipinski definition) is 0. The van der Waals surface area contributed by atoms with Gasteiger partial charge in [-0.05, 0) is 12.1 Å². The maximum atomic E-state index is 13.4. The third-order valence-electron chi connectivity index (χ3n) is 2.20. The Bertz CT molecular complexity index is 587. The van der Waals surface area contributed by atoms with Crippen LogP contribution in [0.15, 0.2) is 18.2 Å². The maximum Gasteiger partial charge on any atom is 0.304 e. The Hall–Kier alpha value is -3.00. The number of carbonyl (C=O) groups is 1. The number of carbonyl (C=O) groups excluding carboxylic acids is 1. The Morgan fingerprint density at radius 3 is 2.37 bits per heavy atom. The normalized spacial score (nSPS) is 9.21. The van der Waals surface area contributed by atoms with Crippen LogP contribution >= 0.6 is 0 Å². The molecule has 0 saturated carbocycles. The molecule has 0 heterocycles. The highest BCUT2D eigenvalue weighted by molar-refractivity contribution is 5.94. The highest BCUT2D eigenvalue weighted by atomic mass is 19.1. The molecule has 0 aliphatic rings. The molecule has 0 fully saturated rings. The van der Waals surface area contributed by atoms with Gasteiger partial charge in [-0.25, -0.2) is 0 Å². The minimum absolute atomic E-state index is 0.159. The molecule has 0 unspecified atom stereocenters. The number of rotatable bonds is 4. The predicted octanol–water partition coefficient (Wildman–Crippen LogP) is 1.22. The van der Waals surface area contributed by atoms with Gasteiger partial charge in [-0.3, -0.25) is 14.9 Å². The minimum atomic E-state index is -1.15. The fourth-order valence-electron chi connectivity index (χ4n) is 1.34. The molecular weight excluding hydrogens is 255 g/mol. The van der Waals surface area contributed by atoms with Crippen molar-refractivity contribution in [3.63, 3.8) is 0 Å². The van der Waals surface area contributed by atoms with Crippen molar-refractivity contribution in [3.05, 3.63) is 39.7 Å². The number of nitro benzene ring substituents is 1. The minimum Gasteiger partial charge on any atom is -0.312 e. The summed E-state index contributed by atoms with van der Waals surface area (Å²) >= 11 is 0. The van der Waals surface area contributed by atoms with Gasteiger partial charge >= 0.3 is 5.69 Å². The largest absolute Gasteiger partial charge is 0.312 e. The molecule has 0 atom stereocenters. The molecule has 0 spiro atoms. The van der Waals surface area contributed by atoms with E-state index in [1.54, 1.807) is 12.1 Å². The first-order valence-corrected chi connectivity index (χ1v) is 4.98. The highest BCUT2D eigenvalue weighted by Gasteiger charge is 2.20. The smallest absolute Gasteiger partial charge is 0.304 e. The van der Waals surface area contributed by atoms with Crippen molar-refractivity contribution in [2.24, 2.45) is 0 Å². The van der Waals surface area contributed by atoms with Crippen LogP contribution in [0, 0.1) is 38.6 Å². The molecule has 0 radical (unpaired) electrons. The topological polar surface area (TPSA) is 111 Å². The first-order valence-electron chi connectivity index (χ1n) is 4.98. The SMILES string of the molecule is N#CCN(CC#N)C(=O)c1ccc([N+](=O)[O-])c(F)c1. The van der Waals surface area contributed by atoms with E-state index >= 15 is 0 Å². The molecule has 0 N–H and O–H groups in total. The van der Waals surface area contributed by atoms with Gasteiger partial charge in [0.25, 0.3) is 5.91 Å². The number of benzene rings is 1. The zero-order valence-electron chi connectivity index (χ0n) is 9.54. The van der Waals surface area contributed by atoms with E-state index < -0.39 is 22.3 Å². The zero-order valence-corrected chi connectivity index (χ0v) is 9.54. The molecule has 1 amide bonds. The number of nitro groups is 1. The third-order valence-corrected chi connectivity index (χ3v) is 2.20. The van der Waals surface area contributed by atoms with Crippen molar-refractivity contribution in [3.8, 4) is 12.1 Å². The van der Waals surface area contributed by atoms with Gasteiger partial charge in [0.15, 0.2) is 0 Å². The number of nitrogens with zero attached hydrogens (tertiary/aromatic N) is 4. The molecule has 0 aromatic heterocycles. The Balaban J connectivity index is 3.07. The van der Waals surface area contributed by atoms with Crippen molar-refractivity contribution in [1.82, 2.24) is 4.90 Å². The average molecular weight is 262 g/mol.